The van der Waals surface area contributed by atoms with Gasteiger partial charge in [0.1, 0.15) is 0 Å². The molecule has 0 unspecified atom stereocenters. The van der Waals surface area contributed by atoms with Crippen molar-refractivity contribution in [3.8, 4) is 0 Å². The fraction of sp³-hybridized carbons (Fsp3) is 0.333. The van der Waals surface area contributed by atoms with E-state index in [1.165, 1.54) is 29.1 Å². The molecule has 6 heteroatoms. The Morgan fingerprint density at radius 3 is 2.89 bits per heavy atom. The topological polar surface area (TPSA) is 78.0 Å². The van der Waals surface area contributed by atoms with Crippen LogP contribution in [0.3, 0.4) is 0 Å². The molecule has 0 aliphatic heterocycles. The predicted molar refractivity (Wildman–Crippen MR) is 67.6 cm³/mol. The molecule has 6 nitrogen and oxygen atoms in total. The van der Waals surface area contributed by atoms with Gasteiger partial charge in [-0.1, -0.05) is 13.3 Å². The van der Waals surface area contributed by atoms with E-state index < -0.39 is 4.92 Å². The summed E-state index contributed by atoms with van der Waals surface area (Å²) in [6, 6.07) is 4.11. The highest BCUT2D eigenvalue weighted by Gasteiger charge is 2.09. The minimum absolute atomic E-state index is 0.0549. The molecule has 0 atom stereocenters. The number of fused-ring (bicyclic) bond motifs is 1. The number of aryl methyl sites for hydroxylation is 1. The molecule has 0 aliphatic rings. The Morgan fingerprint density at radius 1 is 1.44 bits per heavy atom. The monoisotopic (exact) mass is 247 g/mol. The van der Waals surface area contributed by atoms with Gasteiger partial charge in [-0.25, -0.2) is 4.98 Å². The molecule has 0 spiro atoms. The Hall–Kier alpha value is -2.24. The van der Waals surface area contributed by atoms with Crippen LogP contribution in [-0.4, -0.2) is 14.5 Å². The number of nitro groups is 1. The normalized spacial score (nSPS) is 10.7. The average Bonchev–Trinajstić information content (AvgIpc) is 2.37. The number of nitrogens with zero attached hydrogens (tertiary/aromatic N) is 3. The van der Waals surface area contributed by atoms with Gasteiger partial charge in [-0.2, -0.15) is 0 Å². The van der Waals surface area contributed by atoms with E-state index in [0.717, 1.165) is 12.8 Å². The molecule has 0 saturated heterocycles. The summed E-state index contributed by atoms with van der Waals surface area (Å²) in [5, 5.41) is 11.0. The fourth-order valence-corrected chi connectivity index (χ4v) is 1.75. The molecule has 0 aliphatic carbocycles. The highest BCUT2D eigenvalue weighted by atomic mass is 16.6. The molecule has 0 bridgehead atoms. The second kappa shape index (κ2) is 4.95. The van der Waals surface area contributed by atoms with Gasteiger partial charge in [0.05, 0.1) is 22.2 Å². The van der Waals surface area contributed by atoms with Crippen LogP contribution >= 0.6 is 0 Å². The molecular weight excluding hydrogens is 234 g/mol. The van der Waals surface area contributed by atoms with E-state index in [9.17, 15) is 14.9 Å². The molecule has 1 aromatic carbocycles. The Kier molecular flexibility index (Phi) is 3.36. The SMILES string of the molecule is CCCCn1cnc2cc([N+](=O)[O-])ccc2c1=O. The molecule has 0 fully saturated rings. The number of rotatable bonds is 4. The molecular formula is C12H13N3O3. The van der Waals surface area contributed by atoms with Gasteiger partial charge in [0.15, 0.2) is 0 Å². The van der Waals surface area contributed by atoms with Crippen LogP contribution in [0, 0.1) is 10.1 Å². The fourth-order valence-electron chi connectivity index (χ4n) is 1.75. The second-order valence-corrected chi connectivity index (χ2v) is 4.06. The third-order valence-electron chi connectivity index (χ3n) is 2.77. The molecule has 2 aromatic rings. The van der Waals surface area contributed by atoms with Crippen LogP contribution in [-0.2, 0) is 6.54 Å². The highest BCUT2D eigenvalue weighted by Crippen LogP contribution is 2.16. The molecule has 0 amide bonds. The van der Waals surface area contributed by atoms with Gasteiger partial charge >= 0.3 is 0 Å². The molecule has 0 N–H and O–H groups in total. The third kappa shape index (κ3) is 2.22. The molecule has 18 heavy (non-hydrogen) atoms. The van der Waals surface area contributed by atoms with Gasteiger partial charge in [0, 0.05) is 18.7 Å². The second-order valence-electron chi connectivity index (χ2n) is 4.06. The maximum atomic E-state index is 12.1. The lowest BCUT2D eigenvalue weighted by Gasteiger charge is -2.05. The number of hydrogen-bond acceptors (Lipinski definition) is 4. The van der Waals surface area contributed by atoms with Gasteiger partial charge in [0.25, 0.3) is 11.2 Å². The third-order valence-corrected chi connectivity index (χ3v) is 2.77. The van der Waals surface area contributed by atoms with Crippen molar-refractivity contribution in [1.29, 1.82) is 0 Å². The average molecular weight is 247 g/mol. The van der Waals surface area contributed by atoms with E-state index in [0.29, 0.717) is 17.4 Å². The summed E-state index contributed by atoms with van der Waals surface area (Å²) in [6.45, 7) is 2.66. The van der Waals surface area contributed by atoms with Crippen molar-refractivity contribution in [3.63, 3.8) is 0 Å². The molecule has 0 radical (unpaired) electrons. The Labute approximate surface area is 103 Å². The van der Waals surface area contributed by atoms with Crippen molar-refractivity contribution >= 4 is 16.6 Å². The van der Waals surface area contributed by atoms with Crippen LogP contribution in [0.4, 0.5) is 5.69 Å². The lowest BCUT2D eigenvalue weighted by atomic mass is 10.2. The van der Waals surface area contributed by atoms with Gasteiger partial charge in [0.2, 0.25) is 0 Å². The largest absolute Gasteiger partial charge is 0.299 e. The van der Waals surface area contributed by atoms with Crippen molar-refractivity contribution in [1.82, 2.24) is 9.55 Å². The van der Waals surface area contributed by atoms with Gasteiger partial charge in [-0.3, -0.25) is 19.5 Å². The van der Waals surface area contributed by atoms with Crippen molar-refractivity contribution in [2.24, 2.45) is 0 Å². The molecule has 94 valence electrons. The number of non-ortho nitro benzene ring substituents is 1. The van der Waals surface area contributed by atoms with Gasteiger partial charge in [-0.15, -0.1) is 0 Å². The van der Waals surface area contributed by atoms with E-state index in [1.54, 1.807) is 0 Å². The highest BCUT2D eigenvalue weighted by molar-refractivity contribution is 5.79. The van der Waals surface area contributed by atoms with Crippen LogP contribution in [0.15, 0.2) is 29.3 Å². The number of benzene rings is 1. The van der Waals surface area contributed by atoms with Crippen molar-refractivity contribution in [2.75, 3.05) is 0 Å². The zero-order valence-electron chi connectivity index (χ0n) is 10.00. The number of unbranched alkanes of at least 4 members (excludes halogenated alkanes) is 1. The predicted octanol–water partition coefficient (Wildman–Crippen LogP) is 2.10. The first-order valence-corrected chi connectivity index (χ1v) is 5.77. The van der Waals surface area contributed by atoms with Crippen LogP contribution < -0.4 is 5.56 Å². The summed E-state index contributed by atoms with van der Waals surface area (Å²) in [4.78, 5) is 26.3. The maximum Gasteiger partial charge on any atom is 0.271 e. The first-order chi connectivity index (χ1) is 8.63. The summed E-state index contributed by atoms with van der Waals surface area (Å²) < 4.78 is 1.54. The molecule has 2 rings (SSSR count). The smallest absolute Gasteiger partial charge is 0.271 e. The quantitative estimate of drug-likeness (QED) is 0.612. The van der Waals surface area contributed by atoms with Crippen molar-refractivity contribution < 1.29 is 4.92 Å². The minimum Gasteiger partial charge on any atom is -0.299 e. The van der Waals surface area contributed by atoms with Crippen molar-refractivity contribution in [2.45, 2.75) is 26.3 Å². The van der Waals surface area contributed by atoms with E-state index in [1.807, 2.05) is 6.92 Å². The Bertz CT molecular complexity index is 649. The number of nitro benzene ring substituents is 1. The van der Waals surface area contributed by atoms with Crippen molar-refractivity contribution in [3.05, 3.63) is 45.0 Å². The Morgan fingerprint density at radius 2 is 2.22 bits per heavy atom. The van der Waals surface area contributed by atoms with Crippen LogP contribution in [0.1, 0.15) is 19.8 Å². The lowest BCUT2D eigenvalue weighted by Crippen LogP contribution is -2.20. The lowest BCUT2D eigenvalue weighted by molar-refractivity contribution is -0.384. The minimum atomic E-state index is -0.496. The van der Waals surface area contributed by atoms with E-state index >= 15 is 0 Å². The summed E-state index contributed by atoms with van der Waals surface area (Å²) in [5.74, 6) is 0. The first kappa shape index (κ1) is 12.2. The maximum absolute atomic E-state index is 12.1. The van der Waals surface area contributed by atoms with Crippen LogP contribution in [0.25, 0.3) is 10.9 Å². The Balaban J connectivity index is 2.52. The molecule has 1 heterocycles. The van der Waals surface area contributed by atoms with Crippen LogP contribution in [0.5, 0.6) is 0 Å². The zero-order valence-corrected chi connectivity index (χ0v) is 10.00. The van der Waals surface area contributed by atoms with E-state index in [4.69, 9.17) is 0 Å². The molecule has 1 aromatic heterocycles. The summed E-state index contributed by atoms with van der Waals surface area (Å²) in [7, 11) is 0. The summed E-state index contributed by atoms with van der Waals surface area (Å²) in [6.07, 6.45) is 3.34. The standard InChI is InChI=1S/C12H13N3O3/c1-2-3-6-14-8-13-11-7-9(15(17)18)4-5-10(11)12(14)16/h4-5,7-8H,2-3,6H2,1H3. The summed E-state index contributed by atoms with van der Waals surface area (Å²) >= 11 is 0. The van der Waals surface area contributed by atoms with Crippen LogP contribution in [0.2, 0.25) is 0 Å². The van der Waals surface area contributed by atoms with E-state index in [2.05, 4.69) is 4.98 Å². The zero-order chi connectivity index (χ0) is 13.1. The number of hydrogen-bond donors (Lipinski definition) is 0. The summed E-state index contributed by atoms with van der Waals surface area (Å²) in [5.41, 5.74) is 0.158. The van der Waals surface area contributed by atoms with Gasteiger partial charge < -0.3 is 0 Å². The van der Waals surface area contributed by atoms with Gasteiger partial charge in [-0.05, 0) is 12.5 Å². The first-order valence-electron chi connectivity index (χ1n) is 5.77. The van der Waals surface area contributed by atoms with E-state index in [-0.39, 0.29) is 11.2 Å². The number of aromatic nitrogens is 2. The molecule has 0 saturated carbocycles.